The second kappa shape index (κ2) is 16.2. The second-order valence-corrected chi connectivity index (χ2v) is 11.1. The lowest BCUT2D eigenvalue weighted by Gasteiger charge is -2.32. The lowest BCUT2D eigenvalue weighted by atomic mass is 9.96. The van der Waals surface area contributed by atoms with Gasteiger partial charge in [0, 0.05) is 30.8 Å². The van der Waals surface area contributed by atoms with Gasteiger partial charge in [-0.1, -0.05) is 70.7 Å². The summed E-state index contributed by atoms with van der Waals surface area (Å²) in [6, 6.07) is 9.66. The smallest absolute Gasteiger partial charge is 0.309 e. The molecule has 0 radical (unpaired) electrons. The van der Waals surface area contributed by atoms with Crippen LogP contribution >= 0.6 is 11.3 Å². The number of esters is 2. The Bertz CT molecular complexity index is 1070. The largest absolute Gasteiger partial charge is 0.461 e. The van der Waals surface area contributed by atoms with Crippen molar-refractivity contribution in [2.75, 3.05) is 20.2 Å². The summed E-state index contributed by atoms with van der Waals surface area (Å²) < 4.78 is 10.9. The Morgan fingerprint density at radius 2 is 1.85 bits per heavy atom. The van der Waals surface area contributed by atoms with E-state index in [1.807, 2.05) is 30.3 Å². The van der Waals surface area contributed by atoms with Crippen molar-refractivity contribution in [1.29, 1.82) is 0 Å². The third kappa shape index (κ3) is 10.6. The van der Waals surface area contributed by atoms with Crippen LogP contribution in [0.1, 0.15) is 74.6 Å². The quantitative estimate of drug-likeness (QED) is 0.223. The van der Waals surface area contributed by atoms with E-state index >= 15 is 0 Å². The zero-order valence-corrected chi connectivity index (χ0v) is 24.8. The number of hydrogen-bond acceptors (Lipinski definition) is 8. The number of nitrogens with zero attached hydrogens (tertiary/aromatic N) is 2. The monoisotopic (exact) mass is 557 g/mol. The van der Waals surface area contributed by atoms with E-state index in [0.29, 0.717) is 30.2 Å². The van der Waals surface area contributed by atoms with Gasteiger partial charge in [-0.15, -0.1) is 11.3 Å². The molecule has 0 aliphatic rings. The number of carbonyl (C=O) groups is 3. The maximum atomic E-state index is 13.3. The predicted molar refractivity (Wildman–Crippen MR) is 155 cm³/mol. The molecule has 0 fully saturated rings. The van der Waals surface area contributed by atoms with Crippen molar-refractivity contribution in [2.45, 2.75) is 72.1 Å². The molecule has 9 heteroatoms. The van der Waals surface area contributed by atoms with Gasteiger partial charge >= 0.3 is 11.9 Å². The van der Waals surface area contributed by atoms with Gasteiger partial charge in [0.2, 0.25) is 0 Å². The average Bonchev–Trinajstić information content (AvgIpc) is 3.39. The molecule has 4 atom stereocenters. The van der Waals surface area contributed by atoms with E-state index in [2.05, 4.69) is 49.6 Å². The first kappa shape index (κ1) is 32.2. The molecule has 0 unspecified atom stereocenters. The van der Waals surface area contributed by atoms with Crippen LogP contribution in [0.4, 0.5) is 0 Å². The summed E-state index contributed by atoms with van der Waals surface area (Å²) in [5.41, 5.74) is 1.31. The van der Waals surface area contributed by atoms with Gasteiger partial charge in [0.05, 0.1) is 5.92 Å². The Morgan fingerprint density at radius 3 is 2.44 bits per heavy atom. The van der Waals surface area contributed by atoms with E-state index in [1.54, 1.807) is 12.3 Å². The highest BCUT2D eigenvalue weighted by Crippen LogP contribution is 2.30. The van der Waals surface area contributed by atoms with Crippen molar-refractivity contribution in [3.8, 4) is 0 Å². The minimum atomic E-state index is -0.546. The number of aromatic nitrogens is 1. The summed E-state index contributed by atoms with van der Waals surface area (Å²) in [7, 11) is 2.05. The first-order valence-corrected chi connectivity index (χ1v) is 14.4. The van der Waals surface area contributed by atoms with Gasteiger partial charge in [0.25, 0.3) is 5.91 Å². The molecule has 8 nitrogen and oxygen atoms in total. The lowest BCUT2D eigenvalue weighted by Crippen LogP contribution is -2.39. The molecule has 1 amide bonds. The first-order chi connectivity index (χ1) is 18.5. The zero-order chi connectivity index (χ0) is 28.9. The number of benzene rings is 1. The molecule has 0 aliphatic heterocycles. The van der Waals surface area contributed by atoms with Crippen molar-refractivity contribution in [1.82, 2.24) is 15.2 Å². The molecule has 1 aromatic carbocycles. The van der Waals surface area contributed by atoms with Gasteiger partial charge in [-0.25, -0.2) is 4.98 Å². The highest BCUT2D eigenvalue weighted by molar-refractivity contribution is 7.09. The summed E-state index contributed by atoms with van der Waals surface area (Å²) in [5.74, 6) is -1.13. The number of nitrogens with one attached hydrogen (secondary N) is 1. The molecule has 0 saturated carbocycles. The van der Waals surface area contributed by atoms with Crippen LogP contribution in [0.3, 0.4) is 0 Å². The molecule has 0 saturated heterocycles. The van der Waals surface area contributed by atoms with Crippen LogP contribution in [0.25, 0.3) is 0 Å². The van der Waals surface area contributed by atoms with Crippen molar-refractivity contribution < 1.29 is 23.9 Å². The lowest BCUT2D eigenvalue weighted by molar-refractivity contribution is -0.148. The van der Waals surface area contributed by atoms with E-state index in [1.165, 1.54) is 24.3 Å². The van der Waals surface area contributed by atoms with Crippen molar-refractivity contribution >= 4 is 29.2 Å². The SMILES string of the molecule is C=CCOC(=O)[C@@H](C)C[C@H](Cc1ccccc1)NC(=O)c1csc([C@@H](C[C@H](C(C)C)N(C)CC)OC(C)=O)n1. The number of amides is 1. The van der Waals surface area contributed by atoms with E-state index in [-0.39, 0.29) is 42.2 Å². The van der Waals surface area contributed by atoms with Crippen LogP contribution in [-0.4, -0.2) is 60.0 Å². The Morgan fingerprint density at radius 1 is 1.15 bits per heavy atom. The van der Waals surface area contributed by atoms with Gasteiger partial charge in [0.1, 0.15) is 17.3 Å². The van der Waals surface area contributed by atoms with Gasteiger partial charge in [-0.3, -0.25) is 14.4 Å². The Hall–Kier alpha value is -3.04. The van der Waals surface area contributed by atoms with Crippen LogP contribution in [0.2, 0.25) is 0 Å². The molecule has 1 heterocycles. The Kier molecular flexibility index (Phi) is 13.3. The second-order valence-electron chi connectivity index (χ2n) is 10.2. The molecule has 214 valence electrons. The van der Waals surface area contributed by atoms with E-state index in [9.17, 15) is 14.4 Å². The maximum Gasteiger partial charge on any atom is 0.309 e. The van der Waals surface area contributed by atoms with Crippen LogP contribution in [-0.2, 0) is 25.5 Å². The molecule has 0 spiro atoms. The molecular formula is C30H43N3O5S. The minimum Gasteiger partial charge on any atom is -0.461 e. The molecule has 1 aromatic heterocycles. The molecular weight excluding hydrogens is 514 g/mol. The van der Waals surface area contributed by atoms with Gasteiger partial charge in [0.15, 0.2) is 6.10 Å². The Balaban J connectivity index is 2.22. The van der Waals surface area contributed by atoms with Crippen LogP contribution in [0.5, 0.6) is 0 Å². The fourth-order valence-corrected chi connectivity index (χ4v) is 5.35. The standard InChI is InChI=1S/C30H43N3O5S/c1-8-15-37-30(36)21(5)16-24(17-23-13-11-10-12-14-23)31-28(35)25-19-39-29(32-25)27(38-22(6)34)18-26(20(3)4)33(7)9-2/h8,10-14,19-21,24,26-27H,1,9,15-18H2,2-7H3,(H,31,35)/t21-,24+,26+,27+/m0/s1. The fraction of sp³-hybridized carbons (Fsp3) is 0.533. The number of carbonyl (C=O) groups excluding carboxylic acids is 3. The number of rotatable bonds is 16. The van der Waals surface area contributed by atoms with Crippen LogP contribution in [0.15, 0.2) is 48.4 Å². The summed E-state index contributed by atoms with van der Waals surface area (Å²) in [6.45, 7) is 14.1. The van der Waals surface area contributed by atoms with E-state index in [0.717, 1.165) is 12.1 Å². The minimum absolute atomic E-state index is 0.149. The maximum absolute atomic E-state index is 13.3. The van der Waals surface area contributed by atoms with Crippen LogP contribution in [0, 0.1) is 11.8 Å². The highest BCUT2D eigenvalue weighted by atomic mass is 32.1. The molecule has 39 heavy (non-hydrogen) atoms. The highest BCUT2D eigenvalue weighted by Gasteiger charge is 2.29. The third-order valence-electron chi connectivity index (χ3n) is 6.67. The summed E-state index contributed by atoms with van der Waals surface area (Å²) in [4.78, 5) is 44.4. The topological polar surface area (TPSA) is 97.8 Å². The normalized spacial score (nSPS) is 14.4. The summed E-state index contributed by atoms with van der Waals surface area (Å²) >= 11 is 1.31. The first-order valence-electron chi connectivity index (χ1n) is 13.5. The number of thiazole rings is 1. The van der Waals surface area contributed by atoms with Gasteiger partial charge < -0.3 is 19.7 Å². The summed E-state index contributed by atoms with van der Waals surface area (Å²) in [5, 5.41) is 5.34. The van der Waals surface area contributed by atoms with Crippen LogP contribution < -0.4 is 5.32 Å². The third-order valence-corrected chi connectivity index (χ3v) is 7.61. The number of ether oxygens (including phenoxy) is 2. The number of hydrogen-bond donors (Lipinski definition) is 1. The molecule has 0 bridgehead atoms. The van der Waals surface area contributed by atoms with Crippen molar-refractivity contribution in [3.05, 3.63) is 64.6 Å². The predicted octanol–water partition coefficient (Wildman–Crippen LogP) is 5.21. The van der Waals surface area contributed by atoms with Gasteiger partial charge in [-0.05, 0) is 37.9 Å². The zero-order valence-electron chi connectivity index (χ0n) is 24.0. The Labute approximate surface area is 236 Å². The van der Waals surface area contributed by atoms with Gasteiger partial charge in [-0.2, -0.15) is 0 Å². The van der Waals surface area contributed by atoms with E-state index < -0.39 is 12.0 Å². The molecule has 2 rings (SSSR count). The average molecular weight is 558 g/mol. The fourth-order valence-electron chi connectivity index (χ4n) is 4.51. The van der Waals surface area contributed by atoms with Crippen molar-refractivity contribution in [3.63, 3.8) is 0 Å². The summed E-state index contributed by atoms with van der Waals surface area (Å²) in [6.07, 6.45) is 2.52. The van der Waals surface area contributed by atoms with Crippen molar-refractivity contribution in [2.24, 2.45) is 11.8 Å². The molecule has 0 aliphatic carbocycles. The van der Waals surface area contributed by atoms with E-state index in [4.69, 9.17) is 9.47 Å². The molecule has 1 N–H and O–H groups in total. The molecule has 2 aromatic rings.